The molecule has 0 bridgehead atoms. The van der Waals surface area contributed by atoms with Gasteiger partial charge in [-0.2, -0.15) is 5.26 Å². The van der Waals surface area contributed by atoms with Crippen LogP contribution in [0.5, 0.6) is 0 Å². The van der Waals surface area contributed by atoms with Crippen molar-refractivity contribution in [3.63, 3.8) is 0 Å². The van der Waals surface area contributed by atoms with E-state index in [4.69, 9.17) is 9.78 Å². The van der Waals surface area contributed by atoms with Crippen molar-refractivity contribution < 1.29 is 19.2 Å². The highest BCUT2D eigenvalue weighted by atomic mass is 32.2. The van der Waals surface area contributed by atoms with Gasteiger partial charge >= 0.3 is 5.97 Å². The van der Waals surface area contributed by atoms with Gasteiger partial charge in [0.25, 0.3) is 5.91 Å². The van der Waals surface area contributed by atoms with Gasteiger partial charge < -0.3 is 14.9 Å². The van der Waals surface area contributed by atoms with Gasteiger partial charge in [-0.3, -0.25) is 4.79 Å². The lowest BCUT2D eigenvalue weighted by molar-refractivity contribution is 0.0698. The molecule has 2 heterocycles. The van der Waals surface area contributed by atoms with Crippen molar-refractivity contribution in [3.05, 3.63) is 70.2 Å². The fourth-order valence-electron chi connectivity index (χ4n) is 2.55. The molecule has 0 spiro atoms. The van der Waals surface area contributed by atoms with Gasteiger partial charge in [0.15, 0.2) is 0 Å². The van der Waals surface area contributed by atoms with Crippen molar-refractivity contribution in [2.45, 2.75) is 24.6 Å². The number of aromatic nitrogens is 2. The van der Waals surface area contributed by atoms with Gasteiger partial charge in [-0.1, -0.05) is 5.16 Å². The molecule has 0 radical (unpaired) electrons. The highest BCUT2D eigenvalue weighted by molar-refractivity contribution is 7.98. The van der Waals surface area contributed by atoms with Crippen molar-refractivity contribution in [2.75, 3.05) is 5.32 Å². The zero-order valence-corrected chi connectivity index (χ0v) is 16.4. The average Bonchev–Trinajstić information content (AvgIpc) is 3.04. The summed E-state index contributed by atoms with van der Waals surface area (Å²) in [6.07, 6.45) is 1.43. The summed E-state index contributed by atoms with van der Waals surface area (Å²) >= 11 is 1.49. The Kier molecular flexibility index (Phi) is 5.95. The summed E-state index contributed by atoms with van der Waals surface area (Å²) in [7, 11) is 0. The predicted molar refractivity (Wildman–Crippen MR) is 106 cm³/mol. The molecular weight excluding hydrogens is 392 g/mol. The van der Waals surface area contributed by atoms with Crippen LogP contribution in [-0.2, 0) is 5.75 Å². The van der Waals surface area contributed by atoms with Crippen molar-refractivity contribution in [1.82, 2.24) is 10.1 Å². The van der Waals surface area contributed by atoms with Gasteiger partial charge in [0.1, 0.15) is 5.76 Å². The van der Waals surface area contributed by atoms with E-state index in [0.717, 1.165) is 22.0 Å². The van der Waals surface area contributed by atoms with Gasteiger partial charge in [0.2, 0.25) is 0 Å². The molecule has 2 N–H and O–H groups in total. The number of benzene rings is 1. The first-order valence-electron chi connectivity index (χ1n) is 8.48. The summed E-state index contributed by atoms with van der Waals surface area (Å²) in [4.78, 5) is 28.1. The number of aromatic carboxylic acids is 1. The molecule has 3 rings (SSSR count). The number of hydrogen-bond acceptors (Lipinski definition) is 7. The molecule has 3 aromatic rings. The molecule has 1 amide bonds. The first-order valence-corrected chi connectivity index (χ1v) is 9.47. The van der Waals surface area contributed by atoms with Gasteiger partial charge in [-0.05, 0) is 44.2 Å². The Hall–Kier alpha value is -3.64. The van der Waals surface area contributed by atoms with E-state index in [0.29, 0.717) is 5.75 Å². The molecule has 0 aliphatic heterocycles. The molecule has 0 unspecified atom stereocenters. The lowest BCUT2D eigenvalue weighted by Gasteiger charge is -2.09. The van der Waals surface area contributed by atoms with E-state index in [2.05, 4.69) is 15.5 Å². The van der Waals surface area contributed by atoms with Crippen molar-refractivity contribution in [3.8, 4) is 6.07 Å². The van der Waals surface area contributed by atoms with E-state index in [9.17, 15) is 14.7 Å². The number of aryl methyl sites for hydroxylation is 2. The summed E-state index contributed by atoms with van der Waals surface area (Å²) in [5, 5.41) is 25.4. The molecule has 2 aromatic heterocycles. The molecule has 0 fully saturated rings. The van der Waals surface area contributed by atoms with Gasteiger partial charge in [-0.15, -0.1) is 11.8 Å². The maximum absolute atomic E-state index is 12.5. The smallest absolute Gasteiger partial charge is 0.337 e. The number of nitrogens with zero attached hydrogens (tertiary/aromatic N) is 3. The minimum atomic E-state index is -1.23. The fraction of sp³-hybridized carbons (Fsp3) is 0.150. The van der Waals surface area contributed by atoms with E-state index < -0.39 is 11.9 Å². The Labute approximate surface area is 170 Å². The molecule has 1 aromatic carbocycles. The second kappa shape index (κ2) is 8.58. The Morgan fingerprint density at radius 2 is 2.07 bits per heavy atom. The van der Waals surface area contributed by atoms with Crippen molar-refractivity contribution in [2.24, 2.45) is 0 Å². The highest BCUT2D eigenvalue weighted by Gasteiger charge is 2.15. The molecule has 0 atom stereocenters. The monoisotopic (exact) mass is 408 g/mol. The maximum atomic E-state index is 12.5. The molecule has 9 heteroatoms. The second-order valence-corrected chi connectivity index (χ2v) is 7.10. The van der Waals surface area contributed by atoms with E-state index in [-0.39, 0.29) is 22.4 Å². The van der Waals surface area contributed by atoms with Crippen LogP contribution in [0.3, 0.4) is 0 Å². The van der Waals surface area contributed by atoms with Crippen LogP contribution in [0.1, 0.15) is 43.3 Å². The highest BCUT2D eigenvalue weighted by Crippen LogP contribution is 2.25. The number of carbonyl (C=O) groups excluding carboxylic acids is 1. The first kappa shape index (κ1) is 20.1. The third-order valence-electron chi connectivity index (χ3n) is 4.17. The number of carbonyl (C=O) groups is 2. The summed E-state index contributed by atoms with van der Waals surface area (Å²) in [6, 6.07) is 9.24. The van der Waals surface area contributed by atoms with Gasteiger partial charge in [0, 0.05) is 17.5 Å². The van der Waals surface area contributed by atoms with Crippen LogP contribution in [0.15, 0.2) is 46.1 Å². The Balaban J connectivity index is 1.70. The lowest BCUT2D eigenvalue weighted by Crippen LogP contribution is -2.15. The number of carboxylic acid groups (broad SMARTS) is 1. The number of carboxylic acids is 1. The molecule has 0 saturated carbocycles. The fourth-order valence-corrected chi connectivity index (χ4v) is 3.54. The van der Waals surface area contributed by atoms with Crippen LogP contribution in [0.2, 0.25) is 0 Å². The molecular formula is C20H16N4O4S. The van der Waals surface area contributed by atoms with Crippen LogP contribution in [0.25, 0.3) is 0 Å². The molecule has 0 saturated heterocycles. The quantitative estimate of drug-likeness (QED) is 0.589. The first-order chi connectivity index (χ1) is 13.9. The minimum absolute atomic E-state index is 0.110. The second-order valence-electron chi connectivity index (χ2n) is 6.11. The zero-order valence-electron chi connectivity index (χ0n) is 15.6. The number of pyridine rings is 1. The summed E-state index contributed by atoms with van der Waals surface area (Å²) < 4.78 is 5.14. The molecule has 29 heavy (non-hydrogen) atoms. The van der Waals surface area contributed by atoms with E-state index in [1.54, 1.807) is 12.1 Å². The molecule has 8 nitrogen and oxygen atoms in total. The average molecular weight is 408 g/mol. The third-order valence-corrected chi connectivity index (χ3v) is 5.14. The summed E-state index contributed by atoms with van der Waals surface area (Å²) in [5.41, 5.74) is 2.28. The number of nitriles is 1. The number of amides is 1. The van der Waals surface area contributed by atoms with Crippen LogP contribution in [0.4, 0.5) is 5.69 Å². The number of hydrogen-bond donors (Lipinski definition) is 2. The molecule has 0 aliphatic carbocycles. The number of anilines is 1. The lowest BCUT2D eigenvalue weighted by atomic mass is 10.1. The largest absolute Gasteiger partial charge is 0.478 e. The number of rotatable bonds is 6. The Morgan fingerprint density at radius 3 is 2.66 bits per heavy atom. The molecule has 0 aliphatic rings. The van der Waals surface area contributed by atoms with Gasteiger partial charge in [-0.25, -0.2) is 9.78 Å². The molecule has 146 valence electrons. The Bertz CT molecular complexity index is 1100. The number of thioether (sulfide) groups is 1. The standard InChI is InChI=1S/C20H16N4O4S/c1-11-16(12(2)28-24-11)10-29-18-6-4-14(9-22-18)19(25)23-17-5-3-13(8-21)7-15(17)20(26)27/h3-7,9H,10H2,1-2H3,(H,23,25)(H,26,27). The zero-order chi connectivity index (χ0) is 21.0. The van der Waals surface area contributed by atoms with E-state index >= 15 is 0 Å². The van der Waals surface area contributed by atoms with Crippen LogP contribution >= 0.6 is 11.8 Å². The van der Waals surface area contributed by atoms with Crippen LogP contribution in [-0.4, -0.2) is 27.1 Å². The van der Waals surface area contributed by atoms with E-state index in [1.165, 1.54) is 36.2 Å². The third kappa shape index (κ3) is 4.62. The van der Waals surface area contributed by atoms with E-state index in [1.807, 2.05) is 19.9 Å². The van der Waals surface area contributed by atoms with Crippen molar-refractivity contribution >= 4 is 29.3 Å². The summed E-state index contributed by atoms with van der Waals surface area (Å²) in [6.45, 7) is 3.73. The SMILES string of the molecule is Cc1noc(C)c1CSc1ccc(C(=O)Nc2ccc(C#N)cc2C(=O)O)cn1. The Morgan fingerprint density at radius 1 is 1.28 bits per heavy atom. The normalized spacial score (nSPS) is 10.4. The number of nitrogens with one attached hydrogen (secondary N) is 1. The predicted octanol–water partition coefficient (Wildman–Crippen LogP) is 3.80. The van der Waals surface area contributed by atoms with Crippen LogP contribution in [0, 0.1) is 25.2 Å². The topological polar surface area (TPSA) is 129 Å². The van der Waals surface area contributed by atoms with Gasteiger partial charge in [0.05, 0.1) is 39.2 Å². The van der Waals surface area contributed by atoms with Crippen LogP contribution < -0.4 is 5.32 Å². The summed E-state index contributed by atoms with van der Waals surface area (Å²) in [5.74, 6) is -0.316. The maximum Gasteiger partial charge on any atom is 0.337 e. The minimum Gasteiger partial charge on any atom is -0.478 e. The van der Waals surface area contributed by atoms with Crippen molar-refractivity contribution in [1.29, 1.82) is 5.26 Å².